The summed E-state index contributed by atoms with van der Waals surface area (Å²) in [6, 6.07) is 42.2. The van der Waals surface area contributed by atoms with E-state index in [9.17, 15) is 0 Å². The second-order valence-electron chi connectivity index (χ2n) is 11.2. The molecule has 210 valence electrons. The van der Waals surface area contributed by atoms with Gasteiger partial charge in [0.2, 0.25) is 0 Å². The largest absolute Gasteiger partial charge is 0.464 e. The molecule has 0 saturated carbocycles. The van der Waals surface area contributed by atoms with E-state index in [1.165, 1.54) is 33.0 Å². The van der Waals surface area contributed by atoms with Crippen LogP contribution in [0.25, 0.3) is 16.3 Å². The van der Waals surface area contributed by atoms with Gasteiger partial charge in [-0.25, -0.2) is 4.99 Å². The third kappa shape index (κ3) is 4.78. The van der Waals surface area contributed by atoms with E-state index in [2.05, 4.69) is 125 Å². The first kappa shape index (κ1) is 25.6. The number of nitrogens with one attached hydrogen (secondary N) is 3. The molecule has 2 heterocycles. The van der Waals surface area contributed by atoms with Crippen molar-refractivity contribution >= 4 is 27.9 Å². The fraction of sp³-hybridized carbons (Fsp3) is 0.132. The Kier molecular flexibility index (Phi) is 6.50. The van der Waals surface area contributed by atoms with Gasteiger partial charge in [-0.1, -0.05) is 121 Å². The summed E-state index contributed by atoms with van der Waals surface area (Å²) in [5.41, 5.74) is 8.18. The van der Waals surface area contributed by atoms with Gasteiger partial charge < -0.3 is 15.4 Å². The lowest BCUT2D eigenvalue weighted by molar-refractivity contribution is 0.261. The maximum absolute atomic E-state index is 6.34. The Morgan fingerprint density at radius 1 is 0.698 bits per heavy atom. The lowest BCUT2D eigenvalue weighted by atomic mass is 9.86. The third-order valence-corrected chi connectivity index (χ3v) is 8.53. The van der Waals surface area contributed by atoms with Crippen LogP contribution in [0.2, 0.25) is 0 Å². The van der Waals surface area contributed by atoms with Crippen molar-refractivity contribution in [2.75, 3.05) is 5.32 Å². The number of nitrogens with zero attached hydrogens (tertiary/aromatic N) is 1. The van der Waals surface area contributed by atoms with Crippen molar-refractivity contribution in [2.24, 2.45) is 4.99 Å². The summed E-state index contributed by atoms with van der Waals surface area (Å²) in [5, 5.41) is 13.5. The van der Waals surface area contributed by atoms with E-state index < -0.39 is 0 Å². The van der Waals surface area contributed by atoms with E-state index in [0.29, 0.717) is 0 Å². The molecule has 5 aromatic rings. The summed E-state index contributed by atoms with van der Waals surface area (Å²) >= 11 is 0. The minimum atomic E-state index is -0.234. The molecule has 5 aromatic carbocycles. The molecule has 5 nitrogen and oxygen atoms in total. The number of aliphatic imine (C=N–C) groups is 1. The Bertz CT molecular complexity index is 1870. The average molecular weight is 561 g/mol. The summed E-state index contributed by atoms with van der Waals surface area (Å²) in [7, 11) is 0. The summed E-state index contributed by atoms with van der Waals surface area (Å²) < 4.78 is 6.34. The van der Waals surface area contributed by atoms with Gasteiger partial charge in [0, 0.05) is 11.1 Å². The van der Waals surface area contributed by atoms with Gasteiger partial charge in [0.1, 0.15) is 23.9 Å². The fourth-order valence-electron chi connectivity index (χ4n) is 6.44. The molecular weight excluding hydrogens is 528 g/mol. The standard InChI is InChI=1S/C38H32N4O/c1-3-13-25(14-4-1)35-40-36(26-15-5-2-6-16-26)42-37(41-35)31-20-10-9-18-28(31)30-23-24-32(29-19-8-7-17-27(29)30)38-39-33-21-11-12-22-34(33)43-38/h1-9,11-19,21-24,35,37-39,41H,10,20H2,(H,40,42). The molecule has 0 spiro atoms. The summed E-state index contributed by atoms with van der Waals surface area (Å²) in [4.78, 5) is 5.28. The predicted octanol–water partition coefficient (Wildman–Crippen LogP) is 8.11. The highest BCUT2D eigenvalue weighted by Gasteiger charge is 2.30. The Morgan fingerprint density at radius 3 is 2.28 bits per heavy atom. The van der Waals surface area contributed by atoms with Crippen LogP contribution in [-0.2, 0) is 0 Å². The number of anilines is 1. The second-order valence-corrected chi connectivity index (χ2v) is 11.2. The van der Waals surface area contributed by atoms with E-state index in [1.54, 1.807) is 0 Å². The average Bonchev–Trinajstić information content (AvgIpc) is 3.53. The first-order valence-corrected chi connectivity index (χ1v) is 15.0. The lowest BCUT2D eigenvalue weighted by Gasteiger charge is -2.34. The number of rotatable bonds is 5. The van der Waals surface area contributed by atoms with Gasteiger partial charge in [0.15, 0.2) is 6.23 Å². The smallest absolute Gasteiger partial charge is 0.197 e. The number of hydrogen-bond acceptors (Lipinski definition) is 5. The van der Waals surface area contributed by atoms with Crippen molar-refractivity contribution in [1.82, 2.24) is 10.6 Å². The van der Waals surface area contributed by atoms with Crippen LogP contribution < -0.4 is 20.7 Å². The zero-order chi connectivity index (χ0) is 28.6. The highest BCUT2D eigenvalue weighted by atomic mass is 16.5. The molecule has 0 aromatic heterocycles. The van der Waals surface area contributed by atoms with Crippen LogP contribution in [0.15, 0.2) is 144 Å². The summed E-state index contributed by atoms with van der Waals surface area (Å²) in [6.07, 6.45) is 6.04. The maximum atomic E-state index is 6.34. The van der Waals surface area contributed by atoms with Crippen LogP contribution in [-0.4, -0.2) is 12.0 Å². The third-order valence-electron chi connectivity index (χ3n) is 8.53. The predicted molar refractivity (Wildman–Crippen MR) is 175 cm³/mol. The molecule has 1 aliphatic carbocycles. The quantitative estimate of drug-likeness (QED) is 0.203. The Balaban J connectivity index is 1.23. The normalized spacial score (nSPS) is 21.0. The number of ether oxygens (including phenoxy) is 1. The van der Waals surface area contributed by atoms with Crippen molar-refractivity contribution < 1.29 is 4.74 Å². The van der Waals surface area contributed by atoms with Gasteiger partial charge >= 0.3 is 0 Å². The van der Waals surface area contributed by atoms with Crippen LogP contribution in [0.4, 0.5) is 5.69 Å². The van der Waals surface area contributed by atoms with Crippen LogP contribution >= 0.6 is 0 Å². The molecule has 0 amide bonds. The number of para-hydroxylation sites is 2. The lowest BCUT2D eigenvalue weighted by Crippen LogP contribution is -2.49. The van der Waals surface area contributed by atoms with Crippen molar-refractivity contribution in [1.29, 1.82) is 0 Å². The number of fused-ring (bicyclic) bond motifs is 2. The maximum Gasteiger partial charge on any atom is 0.197 e. The minimum absolute atomic E-state index is 0.0649. The molecule has 3 atom stereocenters. The first-order chi connectivity index (χ1) is 21.3. The SMILES string of the molecule is C1=CC(c2ccc(C3Nc4ccccc4O3)c3ccccc23)=C(C2N=C(c3ccccc3)NC(c3ccccc3)N2)CC1. The van der Waals surface area contributed by atoms with Gasteiger partial charge in [0.25, 0.3) is 0 Å². The highest BCUT2D eigenvalue weighted by Crippen LogP contribution is 2.42. The number of allylic oxidation sites excluding steroid dienone is 3. The van der Waals surface area contributed by atoms with Gasteiger partial charge in [-0.2, -0.15) is 0 Å². The van der Waals surface area contributed by atoms with Crippen LogP contribution in [0.5, 0.6) is 5.75 Å². The highest BCUT2D eigenvalue weighted by molar-refractivity contribution is 6.01. The number of amidine groups is 1. The van der Waals surface area contributed by atoms with E-state index in [4.69, 9.17) is 9.73 Å². The zero-order valence-corrected chi connectivity index (χ0v) is 23.7. The van der Waals surface area contributed by atoms with Gasteiger partial charge in [-0.3, -0.25) is 5.32 Å². The van der Waals surface area contributed by atoms with Gasteiger partial charge in [-0.05, 0) is 58.0 Å². The Hall–Kier alpha value is -5.13. The monoisotopic (exact) mass is 560 g/mol. The Morgan fingerprint density at radius 2 is 1.44 bits per heavy atom. The molecule has 2 aliphatic heterocycles. The van der Waals surface area contributed by atoms with E-state index in [1.807, 2.05) is 24.3 Å². The number of benzene rings is 5. The Labute approximate surface area is 251 Å². The van der Waals surface area contributed by atoms with Crippen LogP contribution in [0.1, 0.15) is 47.5 Å². The van der Waals surface area contributed by atoms with E-state index in [0.717, 1.165) is 41.2 Å². The second kappa shape index (κ2) is 10.9. The molecule has 43 heavy (non-hydrogen) atoms. The zero-order valence-electron chi connectivity index (χ0n) is 23.7. The molecule has 0 saturated heterocycles. The topological polar surface area (TPSA) is 57.7 Å². The fourth-order valence-corrected chi connectivity index (χ4v) is 6.44. The summed E-state index contributed by atoms with van der Waals surface area (Å²) in [6.45, 7) is 0. The molecule has 8 rings (SSSR count). The van der Waals surface area contributed by atoms with Gasteiger partial charge in [-0.15, -0.1) is 0 Å². The summed E-state index contributed by atoms with van der Waals surface area (Å²) in [5.74, 6) is 1.79. The van der Waals surface area contributed by atoms with Crippen molar-refractivity contribution in [3.63, 3.8) is 0 Å². The minimum Gasteiger partial charge on any atom is -0.464 e. The van der Waals surface area contributed by atoms with Gasteiger partial charge in [0.05, 0.1) is 5.69 Å². The van der Waals surface area contributed by atoms with Crippen molar-refractivity contribution in [3.05, 3.63) is 161 Å². The van der Waals surface area contributed by atoms with E-state index in [-0.39, 0.29) is 18.6 Å². The molecule has 0 bridgehead atoms. The van der Waals surface area contributed by atoms with E-state index >= 15 is 0 Å². The molecule has 3 aliphatic rings. The number of hydrogen-bond donors (Lipinski definition) is 3. The molecule has 0 fully saturated rings. The molecule has 5 heteroatoms. The molecule has 3 unspecified atom stereocenters. The molecule has 0 radical (unpaired) electrons. The van der Waals surface area contributed by atoms with Crippen molar-refractivity contribution in [3.8, 4) is 5.75 Å². The van der Waals surface area contributed by atoms with Crippen LogP contribution in [0, 0.1) is 0 Å². The molecular formula is C38H32N4O. The van der Waals surface area contributed by atoms with Crippen LogP contribution in [0.3, 0.4) is 0 Å². The van der Waals surface area contributed by atoms with Crippen molar-refractivity contribution in [2.45, 2.75) is 31.4 Å². The molecule has 3 N–H and O–H groups in total. The first-order valence-electron chi connectivity index (χ1n) is 15.0.